The zero-order valence-electron chi connectivity index (χ0n) is 18.1. The molecule has 0 bridgehead atoms. The van der Waals surface area contributed by atoms with Gasteiger partial charge in [-0.3, -0.25) is 4.98 Å². The van der Waals surface area contributed by atoms with Crippen molar-refractivity contribution in [2.24, 2.45) is 0 Å². The third-order valence-corrected chi connectivity index (χ3v) is 6.36. The topological polar surface area (TPSA) is 51.6 Å². The number of rotatable bonds is 3. The second-order valence-corrected chi connectivity index (χ2v) is 7.78. The standard InChI is InChI=1S/C24H23NO3.C2H6/c1-16-8-10-18(11-9-16)24-19(17-6-4-3-5-7-17)12-13-23(24,26)22-20(27-2)14-25-15-21(22)28-24;1-2/h3-11,14-15,19,26H,12-13H2,1-2H3;1-2H3. The zero-order chi connectivity index (χ0) is 21.4. The van der Waals surface area contributed by atoms with E-state index in [1.807, 2.05) is 32.0 Å². The Hall–Kier alpha value is -2.85. The number of nitrogens with zero attached hydrogens (tertiary/aromatic N) is 1. The molecule has 4 heteroatoms. The minimum absolute atomic E-state index is 0.0125. The summed E-state index contributed by atoms with van der Waals surface area (Å²) in [6.07, 6.45) is 4.75. The summed E-state index contributed by atoms with van der Waals surface area (Å²) >= 11 is 0. The lowest BCUT2D eigenvalue weighted by atomic mass is 9.71. The van der Waals surface area contributed by atoms with Crippen LogP contribution >= 0.6 is 0 Å². The van der Waals surface area contributed by atoms with Gasteiger partial charge >= 0.3 is 0 Å². The monoisotopic (exact) mass is 403 g/mol. The molecule has 2 aliphatic rings. The Kier molecular flexibility index (Phi) is 5.29. The van der Waals surface area contributed by atoms with Gasteiger partial charge in [0, 0.05) is 5.92 Å². The number of pyridine rings is 1. The van der Waals surface area contributed by atoms with Gasteiger partial charge in [-0.15, -0.1) is 0 Å². The maximum absolute atomic E-state index is 12.2. The molecule has 30 heavy (non-hydrogen) atoms. The Labute approximate surface area is 178 Å². The fraction of sp³-hybridized carbons (Fsp3) is 0.346. The number of hydrogen-bond acceptors (Lipinski definition) is 4. The normalized spacial score (nSPS) is 26.1. The molecule has 2 heterocycles. The Morgan fingerprint density at radius 3 is 2.40 bits per heavy atom. The van der Waals surface area contributed by atoms with Gasteiger partial charge in [-0.2, -0.15) is 0 Å². The summed E-state index contributed by atoms with van der Waals surface area (Å²) in [6.45, 7) is 6.06. The van der Waals surface area contributed by atoms with E-state index in [1.165, 1.54) is 11.1 Å². The lowest BCUT2D eigenvalue weighted by Crippen LogP contribution is -2.48. The lowest BCUT2D eigenvalue weighted by molar-refractivity contribution is -0.106. The summed E-state index contributed by atoms with van der Waals surface area (Å²) in [6, 6.07) is 18.6. The third kappa shape index (κ3) is 2.74. The maximum atomic E-state index is 12.2. The molecule has 2 aromatic carbocycles. The van der Waals surface area contributed by atoms with Crippen LogP contribution in [0, 0.1) is 6.92 Å². The van der Waals surface area contributed by atoms with Crippen molar-refractivity contribution in [3.05, 3.63) is 89.2 Å². The number of aryl methyl sites for hydroxylation is 1. The van der Waals surface area contributed by atoms with E-state index in [-0.39, 0.29) is 5.92 Å². The summed E-state index contributed by atoms with van der Waals surface area (Å²) in [5, 5.41) is 12.2. The van der Waals surface area contributed by atoms with Crippen molar-refractivity contribution < 1.29 is 14.6 Å². The van der Waals surface area contributed by atoms with Crippen LogP contribution in [0.25, 0.3) is 0 Å². The number of benzene rings is 2. The summed E-state index contributed by atoms with van der Waals surface area (Å²) < 4.78 is 12.2. The first-order chi connectivity index (χ1) is 14.6. The van der Waals surface area contributed by atoms with Gasteiger partial charge in [0.05, 0.1) is 25.1 Å². The Balaban J connectivity index is 0.00000106. The first-order valence-electron chi connectivity index (χ1n) is 10.7. The molecular formula is C26H29NO3. The summed E-state index contributed by atoms with van der Waals surface area (Å²) in [5.41, 5.74) is 1.92. The van der Waals surface area contributed by atoms with Gasteiger partial charge < -0.3 is 14.6 Å². The van der Waals surface area contributed by atoms with Crippen LogP contribution in [0.2, 0.25) is 0 Å². The van der Waals surface area contributed by atoms with Gasteiger partial charge in [-0.05, 0) is 30.9 Å². The highest BCUT2D eigenvalue weighted by Crippen LogP contribution is 2.67. The SMILES string of the molecule is CC.COc1cncc2c1C1(O)CCC(c3ccccc3)C1(c1ccc(C)cc1)O2. The minimum Gasteiger partial charge on any atom is -0.495 e. The fourth-order valence-corrected chi connectivity index (χ4v) is 5.12. The molecule has 1 aliphatic heterocycles. The largest absolute Gasteiger partial charge is 0.495 e. The van der Waals surface area contributed by atoms with Gasteiger partial charge in [0.15, 0.2) is 5.60 Å². The molecule has 5 rings (SSSR count). The molecule has 4 nitrogen and oxygen atoms in total. The molecular weight excluding hydrogens is 374 g/mol. The molecule has 1 fully saturated rings. The smallest absolute Gasteiger partial charge is 0.174 e. The minimum atomic E-state index is -1.19. The Morgan fingerprint density at radius 1 is 1.03 bits per heavy atom. The van der Waals surface area contributed by atoms with Crippen LogP contribution in [0.4, 0.5) is 0 Å². The van der Waals surface area contributed by atoms with Crippen LogP contribution in [-0.4, -0.2) is 17.2 Å². The van der Waals surface area contributed by atoms with Gasteiger partial charge in [-0.1, -0.05) is 74.0 Å². The molecule has 0 radical (unpaired) electrons. The van der Waals surface area contributed by atoms with Crippen LogP contribution in [0.1, 0.15) is 54.9 Å². The summed E-state index contributed by atoms with van der Waals surface area (Å²) in [7, 11) is 1.61. The highest BCUT2D eigenvalue weighted by molar-refractivity contribution is 5.57. The molecule has 3 aromatic rings. The van der Waals surface area contributed by atoms with E-state index in [1.54, 1.807) is 19.5 Å². The molecule has 1 N–H and O–H groups in total. The highest BCUT2D eigenvalue weighted by atomic mass is 16.5. The lowest BCUT2D eigenvalue weighted by Gasteiger charge is -2.40. The molecule has 3 atom stereocenters. The number of hydrogen-bond donors (Lipinski definition) is 1. The maximum Gasteiger partial charge on any atom is 0.174 e. The van der Waals surface area contributed by atoms with Crippen molar-refractivity contribution in [3.63, 3.8) is 0 Å². The molecule has 3 unspecified atom stereocenters. The first-order valence-corrected chi connectivity index (χ1v) is 10.7. The van der Waals surface area contributed by atoms with Crippen molar-refractivity contribution in [2.75, 3.05) is 7.11 Å². The van der Waals surface area contributed by atoms with Crippen LogP contribution in [0.15, 0.2) is 67.0 Å². The third-order valence-electron chi connectivity index (χ3n) is 6.36. The Morgan fingerprint density at radius 2 is 1.73 bits per heavy atom. The molecule has 0 spiro atoms. The average molecular weight is 404 g/mol. The predicted molar refractivity (Wildman–Crippen MR) is 118 cm³/mol. The van der Waals surface area contributed by atoms with Gasteiger partial charge in [0.2, 0.25) is 0 Å². The van der Waals surface area contributed by atoms with E-state index < -0.39 is 11.2 Å². The van der Waals surface area contributed by atoms with Crippen LogP contribution in [-0.2, 0) is 11.2 Å². The van der Waals surface area contributed by atoms with E-state index in [4.69, 9.17) is 9.47 Å². The molecule has 1 aromatic heterocycles. The van der Waals surface area contributed by atoms with Crippen LogP contribution < -0.4 is 9.47 Å². The second kappa shape index (κ2) is 7.77. The van der Waals surface area contributed by atoms with E-state index in [9.17, 15) is 5.11 Å². The molecule has 1 saturated carbocycles. The van der Waals surface area contributed by atoms with Gasteiger partial charge in [0.25, 0.3) is 0 Å². The van der Waals surface area contributed by atoms with E-state index in [2.05, 4.69) is 48.3 Å². The van der Waals surface area contributed by atoms with Gasteiger partial charge in [0.1, 0.15) is 17.1 Å². The highest BCUT2D eigenvalue weighted by Gasteiger charge is 2.69. The van der Waals surface area contributed by atoms with Crippen molar-refractivity contribution in [2.45, 2.75) is 50.7 Å². The number of fused-ring (bicyclic) bond motifs is 3. The summed E-state index contributed by atoms with van der Waals surface area (Å²) in [5.74, 6) is 1.18. The fourth-order valence-electron chi connectivity index (χ4n) is 5.12. The Bertz CT molecular complexity index is 1020. The predicted octanol–water partition coefficient (Wildman–Crippen LogP) is 5.48. The van der Waals surface area contributed by atoms with E-state index >= 15 is 0 Å². The molecule has 1 aliphatic carbocycles. The number of ether oxygens (including phenoxy) is 2. The molecule has 0 saturated heterocycles. The molecule has 0 amide bonds. The van der Waals surface area contributed by atoms with Crippen molar-refractivity contribution in [3.8, 4) is 11.5 Å². The van der Waals surface area contributed by atoms with Crippen LogP contribution in [0.5, 0.6) is 11.5 Å². The quantitative estimate of drug-likeness (QED) is 0.629. The van der Waals surface area contributed by atoms with E-state index in [0.717, 1.165) is 12.0 Å². The van der Waals surface area contributed by atoms with Crippen molar-refractivity contribution >= 4 is 0 Å². The number of aliphatic hydroxyl groups is 1. The van der Waals surface area contributed by atoms with E-state index in [0.29, 0.717) is 23.5 Å². The zero-order valence-corrected chi connectivity index (χ0v) is 18.1. The van der Waals surface area contributed by atoms with Crippen molar-refractivity contribution in [1.29, 1.82) is 0 Å². The molecule has 156 valence electrons. The first kappa shape index (κ1) is 20.4. The van der Waals surface area contributed by atoms with Crippen molar-refractivity contribution in [1.82, 2.24) is 4.98 Å². The average Bonchev–Trinajstić information content (AvgIpc) is 3.23. The van der Waals surface area contributed by atoms with Crippen LogP contribution in [0.3, 0.4) is 0 Å². The second-order valence-electron chi connectivity index (χ2n) is 7.78. The number of aromatic nitrogens is 1. The number of methoxy groups -OCH3 is 1. The van der Waals surface area contributed by atoms with Gasteiger partial charge in [-0.25, -0.2) is 0 Å². The summed E-state index contributed by atoms with van der Waals surface area (Å²) in [4.78, 5) is 4.26.